The molecule has 0 spiro atoms. The molecule has 6 heteroatoms. The Kier molecular flexibility index (Phi) is 3.05. The van der Waals surface area contributed by atoms with E-state index in [4.69, 9.17) is 0 Å². The van der Waals surface area contributed by atoms with Crippen LogP contribution in [0.25, 0.3) is 0 Å². The van der Waals surface area contributed by atoms with Crippen LogP contribution in [0.4, 0.5) is 5.82 Å². The van der Waals surface area contributed by atoms with Crippen molar-refractivity contribution >= 4 is 5.82 Å². The maximum Gasteiger partial charge on any atom is 0.347 e. The van der Waals surface area contributed by atoms with Crippen molar-refractivity contribution in [1.82, 2.24) is 20.2 Å². The van der Waals surface area contributed by atoms with E-state index < -0.39 is 0 Å². The fourth-order valence-corrected chi connectivity index (χ4v) is 2.65. The van der Waals surface area contributed by atoms with Crippen LogP contribution in [0.15, 0.2) is 4.79 Å². The van der Waals surface area contributed by atoms with Gasteiger partial charge in [0.1, 0.15) is 5.82 Å². The Hall–Kier alpha value is -1.40. The number of hydrogen-bond donors (Lipinski definition) is 2. The zero-order valence-electron chi connectivity index (χ0n) is 10.7. The summed E-state index contributed by atoms with van der Waals surface area (Å²) in [7, 11) is 2.13. The zero-order chi connectivity index (χ0) is 12.5. The van der Waals surface area contributed by atoms with E-state index in [1.54, 1.807) is 0 Å². The van der Waals surface area contributed by atoms with Crippen LogP contribution < -0.4 is 15.9 Å². The first-order valence-electron chi connectivity index (χ1n) is 6.50. The normalized spacial score (nSPS) is 20.8. The minimum atomic E-state index is -0.230. The molecule has 2 aliphatic heterocycles. The van der Waals surface area contributed by atoms with E-state index >= 15 is 0 Å². The van der Waals surface area contributed by atoms with E-state index in [0.29, 0.717) is 0 Å². The van der Waals surface area contributed by atoms with Gasteiger partial charge in [-0.1, -0.05) is 0 Å². The molecule has 6 nitrogen and oxygen atoms in total. The van der Waals surface area contributed by atoms with Gasteiger partial charge in [0, 0.05) is 44.0 Å². The highest BCUT2D eigenvalue weighted by atomic mass is 16.1. The maximum absolute atomic E-state index is 11.6. The average Bonchev–Trinajstić information content (AvgIpc) is 2.38. The van der Waals surface area contributed by atoms with Crippen LogP contribution in [0.2, 0.25) is 0 Å². The van der Waals surface area contributed by atoms with Crippen molar-refractivity contribution in [3.05, 3.63) is 21.7 Å². The Balaban J connectivity index is 1.95. The highest BCUT2D eigenvalue weighted by Gasteiger charge is 2.22. The van der Waals surface area contributed by atoms with Gasteiger partial charge in [-0.2, -0.15) is 4.98 Å². The van der Waals surface area contributed by atoms with Gasteiger partial charge in [-0.3, -0.25) is 0 Å². The van der Waals surface area contributed by atoms with Crippen molar-refractivity contribution in [3.63, 3.8) is 0 Å². The fourth-order valence-electron chi connectivity index (χ4n) is 2.65. The third-order valence-corrected chi connectivity index (χ3v) is 3.76. The smallest absolute Gasteiger partial charge is 0.347 e. The lowest BCUT2D eigenvalue weighted by atomic mass is 10.1. The number of nitrogens with zero attached hydrogens (tertiary/aromatic N) is 3. The molecule has 1 aromatic heterocycles. The predicted molar refractivity (Wildman–Crippen MR) is 70.0 cm³/mol. The van der Waals surface area contributed by atoms with Crippen molar-refractivity contribution in [2.75, 3.05) is 44.7 Å². The van der Waals surface area contributed by atoms with Gasteiger partial charge < -0.3 is 20.1 Å². The first-order chi connectivity index (χ1) is 8.74. The number of hydrogen-bond acceptors (Lipinski definition) is 5. The second-order valence-corrected chi connectivity index (χ2v) is 5.04. The first kappa shape index (κ1) is 11.7. The summed E-state index contributed by atoms with van der Waals surface area (Å²) in [6.45, 7) is 5.66. The summed E-state index contributed by atoms with van der Waals surface area (Å²) in [5, 5.41) is 3.28. The molecular formula is C12H19N5O. The highest BCUT2D eigenvalue weighted by Crippen LogP contribution is 2.22. The molecule has 1 saturated heterocycles. The number of fused-ring (bicyclic) bond motifs is 1. The molecule has 3 rings (SSSR count). The Morgan fingerprint density at radius 1 is 1.22 bits per heavy atom. The largest absolute Gasteiger partial charge is 0.354 e. The summed E-state index contributed by atoms with van der Waals surface area (Å²) >= 11 is 0. The molecule has 0 saturated carbocycles. The quantitative estimate of drug-likeness (QED) is 0.680. The molecule has 1 fully saturated rings. The number of nitrogens with one attached hydrogen (secondary N) is 2. The third kappa shape index (κ3) is 2.13. The van der Waals surface area contributed by atoms with Crippen molar-refractivity contribution in [2.24, 2.45) is 0 Å². The van der Waals surface area contributed by atoms with Crippen LogP contribution in [0, 0.1) is 0 Å². The van der Waals surface area contributed by atoms with Gasteiger partial charge in [-0.15, -0.1) is 0 Å². The van der Waals surface area contributed by atoms with E-state index in [2.05, 4.69) is 32.1 Å². The number of anilines is 1. The number of H-pyrrole nitrogens is 1. The molecule has 0 atom stereocenters. The molecule has 0 bridgehead atoms. The molecule has 2 N–H and O–H groups in total. The Bertz CT molecular complexity index is 490. The minimum Gasteiger partial charge on any atom is -0.354 e. The average molecular weight is 249 g/mol. The van der Waals surface area contributed by atoms with Gasteiger partial charge >= 0.3 is 5.69 Å². The summed E-state index contributed by atoms with van der Waals surface area (Å²) in [5.41, 5.74) is 2.00. The summed E-state index contributed by atoms with van der Waals surface area (Å²) in [5.74, 6) is 0.906. The number of piperazine rings is 1. The molecule has 0 aliphatic carbocycles. The molecule has 0 radical (unpaired) electrons. The Morgan fingerprint density at radius 2 is 2.00 bits per heavy atom. The second kappa shape index (κ2) is 4.70. The lowest BCUT2D eigenvalue weighted by Gasteiger charge is -2.35. The van der Waals surface area contributed by atoms with Crippen LogP contribution in [0.3, 0.4) is 0 Å². The summed E-state index contributed by atoms with van der Waals surface area (Å²) in [6.07, 6.45) is 0.945. The summed E-state index contributed by atoms with van der Waals surface area (Å²) in [4.78, 5) is 23.2. The minimum absolute atomic E-state index is 0.230. The monoisotopic (exact) mass is 249 g/mol. The predicted octanol–water partition coefficient (Wildman–Crippen LogP) is -0.833. The van der Waals surface area contributed by atoms with E-state index in [-0.39, 0.29) is 5.69 Å². The van der Waals surface area contributed by atoms with Gasteiger partial charge in [0.15, 0.2) is 0 Å². The summed E-state index contributed by atoms with van der Waals surface area (Å²) < 4.78 is 0. The fraction of sp³-hybridized carbons (Fsp3) is 0.667. The van der Waals surface area contributed by atoms with E-state index in [1.165, 1.54) is 5.56 Å². The number of likely N-dealkylation sites (N-methyl/N-ethyl adjacent to an activating group) is 1. The van der Waals surface area contributed by atoms with Gasteiger partial charge in [0.05, 0.1) is 0 Å². The van der Waals surface area contributed by atoms with Crippen molar-refractivity contribution in [3.8, 4) is 0 Å². The molecule has 3 heterocycles. The van der Waals surface area contributed by atoms with Crippen molar-refractivity contribution in [2.45, 2.75) is 13.0 Å². The van der Waals surface area contributed by atoms with Crippen LogP contribution >= 0.6 is 0 Å². The molecule has 0 amide bonds. The molecular weight excluding hydrogens is 230 g/mol. The lowest BCUT2D eigenvalue weighted by Crippen LogP contribution is -2.46. The number of rotatable bonds is 1. The molecule has 18 heavy (non-hydrogen) atoms. The van der Waals surface area contributed by atoms with Crippen LogP contribution in [0.5, 0.6) is 0 Å². The highest BCUT2D eigenvalue weighted by molar-refractivity contribution is 5.50. The van der Waals surface area contributed by atoms with Crippen molar-refractivity contribution < 1.29 is 0 Å². The zero-order valence-corrected chi connectivity index (χ0v) is 10.7. The van der Waals surface area contributed by atoms with Crippen LogP contribution in [-0.2, 0) is 13.0 Å². The molecule has 0 aromatic carbocycles. The standard InChI is InChI=1S/C12H19N5O/c1-16-4-6-17(7-5-16)11-9-2-3-13-8-10(9)14-12(18)15-11/h13H,2-8H2,1H3,(H,14,15,18). The maximum atomic E-state index is 11.6. The molecule has 2 aliphatic rings. The van der Waals surface area contributed by atoms with Gasteiger partial charge in [0.25, 0.3) is 0 Å². The number of aromatic nitrogens is 2. The molecule has 98 valence electrons. The van der Waals surface area contributed by atoms with Crippen LogP contribution in [0.1, 0.15) is 11.3 Å². The van der Waals surface area contributed by atoms with Gasteiger partial charge in [-0.05, 0) is 20.0 Å². The van der Waals surface area contributed by atoms with Gasteiger partial charge in [0.2, 0.25) is 0 Å². The van der Waals surface area contributed by atoms with Crippen molar-refractivity contribution in [1.29, 1.82) is 0 Å². The third-order valence-electron chi connectivity index (χ3n) is 3.76. The van der Waals surface area contributed by atoms with E-state index in [9.17, 15) is 4.79 Å². The SMILES string of the molecule is CN1CCN(c2nc(=O)[nH]c3c2CCNC3)CC1. The second-order valence-electron chi connectivity index (χ2n) is 5.04. The first-order valence-corrected chi connectivity index (χ1v) is 6.50. The van der Waals surface area contributed by atoms with Gasteiger partial charge in [-0.25, -0.2) is 4.79 Å². The topological polar surface area (TPSA) is 64.3 Å². The van der Waals surface area contributed by atoms with Crippen LogP contribution in [-0.4, -0.2) is 54.6 Å². The number of aromatic amines is 1. The lowest BCUT2D eigenvalue weighted by molar-refractivity contribution is 0.311. The van der Waals surface area contributed by atoms with E-state index in [0.717, 1.165) is 57.2 Å². The van der Waals surface area contributed by atoms with E-state index in [1.807, 2.05) is 0 Å². The molecule has 1 aromatic rings. The molecule has 0 unspecified atom stereocenters. The summed E-state index contributed by atoms with van der Waals surface area (Å²) in [6, 6.07) is 0. The Morgan fingerprint density at radius 3 is 2.78 bits per heavy atom. The Labute approximate surface area is 106 Å².